The normalized spacial score (nSPS) is 22.9. The molecule has 106 valence electrons. The van der Waals surface area contributed by atoms with Gasteiger partial charge in [0.1, 0.15) is 0 Å². The highest BCUT2D eigenvalue weighted by molar-refractivity contribution is 5.73. The number of fused-ring (bicyclic) bond motifs is 1. The average molecular weight is 267 g/mol. The van der Waals surface area contributed by atoms with Crippen molar-refractivity contribution in [3.63, 3.8) is 0 Å². The van der Waals surface area contributed by atoms with E-state index in [0.717, 1.165) is 12.3 Å². The topological polar surface area (TPSA) is 3.24 Å². The van der Waals surface area contributed by atoms with Crippen molar-refractivity contribution >= 4 is 5.57 Å². The Morgan fingerprint density at radius 1 is 1.25 bits per heavy atom. The van der Waals surface area contributed by atoms with Gasteiger partial charge in [-0.05, 0) is 41.9 Å². The molecule has 0 saturated carbocycles. The van der Waals surface area contributed by atoms with Crippen molar-refractivity contribution in [3.8, 4) is 0 Å². The predicted octanol–water partition coefficient (Wildman–Crippen LogP) is 4.82. The summed E-state index contributed by atoms with van der Waals surface area (Å²) >= 11 is 0. The Labute approximate surface area is 123 Å². The van der Waals surface area contributed by atoms with Crippen LogP contribution in [0.4, 0.5) is 0 Å². The van der Waals surface area contributed by atoms with Crippen LogP contribution >= 0.6 is 0 Å². The van der Waals surface area contributed by atoms with E-state index >= 15 is 0 Å². The summed E-state index contributed by atoms with van der Waals surface area (Å²) in [7, 11) is 0. The van der Waals surface area contributed by atoms with E-state index in [0.29, 0.717) is 5.92 Å². The van der Waals surface area contributed by atoms with Gasteiger partial charge < -0.3 is 4.90 Å². The average Bonchev–Trinajstić information content (AvgIpc) is 2.84. The largest absolute Gasteiger partial charge is 0.375 e. The van der Waals surface area contributed by atoms with Gasteiger partial charge >= 0.3 is 0 Å². The van der Waals surface area contributed by atoms with Gasteiger partial charge in [-0.25, -0.2) is 0 Å². The Morgan fingerprint density at radius 3 is 2.65 bits per heavy atom. The van der Waals surface area contributed by atoms with E-state index in [1.807, 2.05) is 0 Å². The molecule has 0 amide bonds. The van der Waals surface area contributed by atoms with Crippen LogP contribution in [-0.2, 0) is 0 Å². The summed E-state index contributed by atoms with van der Waals surface area (Å²) in [4.78, 5) is 2.52. The number of nitrogens with zero attached hydrogens (tertiary/aromatic N) is 1. The highest BCUT2D eigenvalue weighted by atomic mass is 15.1. The lowest BCUT2D eigenvalue weighted by molar-refractivity contribution is 0.214. The van der Waals surface area contributed by atoms with Crippen LogP contribution in [0.25, 0.3) is 5.57 Å². The minimum absolute atomic E-state index is 0.455. The van der Waals surface area contributed by atoms with Gasteiger partial charge in [0.05, 0.1) is 0 Å². The van der Waals surface area contributed by atoms with Crippen LogP contribution in [-0.4, -0.2) is 18.0 Å². The summed E-state index contributed by atoms with van der Waals surface area (Å²) in [5.41, 5.74) is 5.36. The van der Waals surface area contributed by atoms with E-state index in [1.165, 1.54) is 54.7 Å². The van der Waals surface area contributed by atoms with Crippen LogP contribution in [0, 0.1) is 5.92 Å². The van der Waals surface area contributed by atoms with Gasteiger partial charge in [-0.1, -0.05) is 50.8 Å². The molecule has 1 aliphatic heterocycles. The van der Waals surface area contributed by atoms with Gasteiger partial charge in [0, 0.05) is 24.7 Å². The van der Waals surface area contributed by atoms with Crippen LogP contribution < -0.4 is 0 Å². The lowest BCUT2D eigenvalue weighted by Gasteiger charge is -2.36. The molecule has 1 aromatic rings. The summed E-state index contributed by atoms with van der Waals surface area (Å²) < 4.78 is 0. The van der Waals surface area contributed by atoms with Gasteiger partial charge in [0.2, 0.25) is 0 Å². The standard InChI is InChI=1S/C19H25N/c1-4-16-9-11-20(12-10-16)15(3)19-13-14(2)17-7-5-6-8-18(17)19/h5-8,16,19H,2-4,9-13H2,1H3. The third kappa shape index (κ3) is 2.30. The molecule has 1 saturated heterocycles. The zero-order chi connectivity index (χ0) is 14.1. The first-order valence-corrected chi connectivity index (χ1v) is 7.91. The second-order valence-electron chi connectivity index (χ2n) is 6.28. The molecule has 0 spiro atoms. The van der Waals surface area contributed by atoms with Crippen molar-refractivity contribution in [2.45, 2.75) is 38.5 Å². The zero-order valence-electron chi connectivity index (χ0n) is 12.6. The van der Waals surface area contributed by atoms with Crippen molar-refractivity contribution in [1.82, 2.24) is 4.90 Å². The fourth-order valence-corrected chi connectivity index (χ4v) is 3.74. The molecule has 2 aliphatic rings. The molecule has 1 heterocycles. The maximum Gasteiger partial charge on any atom is 0.0280 e. The van der Waals surface area contributed by atoms with Gasteiger partial charge in [0.25, 0.3) is 0 Å². The van der Waals surface area contributed by atoms with E-state index in [1.54, 1.807) is 0 Å². The fourth-order valence-electron chi connectivity index (χ4n) is 3.74. The van der Waals surface area contributed by atoms with E-state index in [2.05, 4.69) is 49.2 Å². The first kappa shape index (κ1) is 13.5. The number of rotatable bonds is 3. The Hall–Kier alpha value is -1.50. The Balaban J connectivity index is 1.75. The molecule has 1 unspecified atom stereocenters. The minimum atomic E-state index is 0.455. The molecule has 0 bridgehead atoms. The Bertz CT molecular complexity index is 520. The van der Waals surface area contributed by atoms with Crippen LogP contribution in [0.15, 0.2) is 43.1 Å². The van der Waals surface area contributed by atoms with Crippen molar-refractivity contribution in [1.29, 1.82) is 0 Å². The predicted molar refractivity (Wildman–Crippen MR) is 86.6 cm³/mol. The molecule has 20 heavy (non-hydrogen) atoms. The maximum absolute atomic E-state index is 4.43. The summed E-state index contributed by atoms with van der Waals surface area (Å²) in [6, 6.07) is 8.71. The van der Waals surface area contributed by atoms with E-state index in [4.69, 9.17) is 0 Å². The maximum atomic E-state index is 4.43. The molecule has 0 N–H and O–H groups in total. The molecule has 1 heteroatoms. The third-order valence-corrected chi connectivity index (χ3v) is 5.17. The molecule has 1 aliphatic carbocycles. The van der Waals surface area contributed by atoms with Crippen LogP contribution in [0.3, 0.4) is 0 Å². The quantitative estimate of drug-likeness (QED) is 0.758. The Morgan fingerprint density at radius 2 is 1.95 bits per heavy atom. The molecule has 0 radical (unpaired) electrons. The highest BCUT2D eigenvalue weighted by Gasteiger charge is 2.30. The lowest BCUT2D eigenvalue weighted by atomic mass is 9.91. The molecule has 1 aromatic carbocycles. The molecule has 1 fully saturated rings. The second kappa shape index (κ2) is 5.47. The van der Waals surface area contributed by atoms with Gasteiger partial charge in [-0.3, -0.25) is 0 Å². The smallest absolute Gasteiger partial charge is 0.0280 e. The molecule has 3 rings (SSSR count). The molecule has 0 aromatic heterocycles. The van der Waals surface area contributed by atoms with Gasteiger partial charge in [0.15, 0.2) is 0 Å². The Kier molecular flexibility index (Phi) is 3.69. The number of hydrogen-bond donors (Lipinski definition) is 0. The van der Waals surface area contributed by atoms with Crippen molar-refractivity contribution in [2.75, 3.05) is 13.1 Å². The first-order chi connectivity index (χ1) is 9.70. The van der Waals surface area contributed by atoms with E-state index < -0.39 is 0 Å². The SMILES string of the molecule is C=C1CC(C(=C)N2CCC(CC)CC2)c2ccccc21. The van der Waals surface area contributed by atoms with Crippen molar-refractivity contribution in [3.05, 3.63) is 54.2 Å². The number of benzene rings is 1. The summed E-state index contributed by atoms with van der Waals surface area (Å²) in [5, 5.41) is 0. The molecule has 1 nitrogen and oxygen atoms in total. The van der Waals surface area contributed by atoms with E-state index in [-0.39, 0.29) is 0 Å². The van der Waals surface area contributed by atoms with Crippen LogP contribution in [0.5, 0.6) is 0 Å². The number of piperidine rings is 1. The summed E-state index contributed by atoms with van der Waals surface area (Å²) in [6.07, 6.45) is 5.02. The fraction of sp³-hybridized carbons (Fsp3) is 0.474. The minimum Gasteiger partial charge on any atom is -0.375 e. The lowest BCUT2D eigenvalue weighted by Crippen LogP contribution is -2.34. The number of hydrogen-bond acceptors (Lipinski definition) is 1. The molecular weight excluding hydrogens is 242 g/mol. The van der Waals surface area contributed by atoms with E-state index in [9.17, 15) is 0 Å². The zero-order valence-corrected chi connectivity index (χ0v) is 12.6. The molecule has 1 atom stereocenters. The number of allylic oxidation sites excluding steroid dienone is 2. The van der Waals surface area contributed by atoms with Gasteiger partial charge in [-0.15, -0.1) is 0 Å². The number of likely N-dealkylation sites (tertiary alicyclic amines) is 1. The van der Waals surface area contributed by atoms with Gasteiger partial charge in [-0.2, -0.15) is 0 Å². The van der Waals surface area contributed by atoms with Crippen molar-refractivity contribution < 1.29 is 0 Å². The van der Waals surface area contributed by atoms with Crippen molar-refractivity contribution in [2.24, 2.45) is 5.92 Å². The first-order valence-electron chi connectivity index (χ1n) is 7.91. The third-order valence-electron chi connectivity index (χ3n) is 5.17. The second-order valence-corrected chi connectivity index (χ2v) is 6.28. The summed E-state index contributed by atoms with van der Waals surface area (Å²) in [5.74, 6) is 1.38. The molecular formula is C19H25N. The monoisotopic (exact) mass is 267 g/mol. The van der Waals surface area contributed by atoms with Crippen LogP contribution in [0.2, 0.25) is 0 Å². The summed E-state index contributed by atoms with van der Waals surface area (Å²) in [6.45, 7) is 13.3. The highest BCUT2D eigenvalue weighted by Crippen LogP contribution is 2.44. The van der Waals surface area contributed by atoms with Crippen LogP contribution in [0.1, 0.15) is 49.7 Å².